The maximum atomic E-state index is 12.8. The van der Waals surface area contributed by atoms with Crippen LogP contribution >= 0.6 is 11.3 Å². The number of amides is 1. The van der Waals surface area contributed by atoms with Crippen LogP contribution in [0, 0.1) is 0 Å². The lowest BCUT2D eigenvalue weighted by molar-refractivity contribution is -0.127. The summed E-state index contributed by atoms with van der Waals surface area (Å²) >= 11 is 1.46. The molecule has 0 N–H and O–H groups in total. The first kappa shape index (κ1) is 18.1. The molecular formula is C21H20N2O5S. The van der Waals surface area contributed by atoms with E-state index in [1.807, 2.05) is 34.9 Å². The minimum atomic E-state index is -0.759. The van der Waals surface area contributed by atoms with Crippen molar-refractivity contribution < 1.29 is 23.7 Å². The summed E-state index contributed by atoms with van der Waals surface area (Å²) in [5.41, 5.74) is 0.985. The number of carbonyl (C=O) groups excluding carboxylic acids is 1. The number of thiazole rings is 1. The fraction of sp³-hybridized carbons (Fsp3) is 0.333. The van der Waals surface area contributed by atoms with Gasteiger partial charge in [0.1, 0.15) is 19.8 Å². The third kappa shape index (κ3) is 3.33. The largest absolute Gasteiger partial charge is 0.486 e. The molecule has 0 aliphatic carbocycles. The van der Waals surface area contributed by atoms with E-state index in [0.717, 1.165) is 34.7 Å². The highest BCUT2D eigenvalue weighted by atomic mass is 32.1. The van der Waals surface area contributed by atoms with E-state index < -0.39 is 6.10 Å². The molecule has 1 unspecified atom stereocenters. The van der Waals surface area contributed by atoms with E-state index in [1.165, 1.54) is 11.3 Å². The summed E-state index contributed by atoms with van der Waals surface area (Å²) < 4.78 is 25.9. The first-order chi connectivity index (χ1) is 14.2. The quantitative estimate of drug-likeness (QED) is 0.661. The maximum absolute atomic E-state index is 12.8. The van der Waals surface area contributed by atoms with Gasteiger partial charge in [0, 0.05) is 18.7 Å². The Balaban J connectivity index is 1.52. The van der Waals surface area contributed by atoms with Crippen LogP contribution < -0.4 is 23.7 Å². The van der Waals surface area contributed by atoms with Crippen LogP contribution in [0.25, 0.3) is 10.2 Å². The Kier molecular flexibility index (Phi) is 4.63. The monoisotopic (exact) mass is 412 g/mol. The van der Waals surface area contributed by atoms with Crippen LogP contribution in [-0.2, 0) is 11.3 Å². The third-order valence-electron chi connectivity index (χ3n) is 4.78. The molecule has 7 nitrogen and oxygen atoms in total. The number of para-hydroxylation sites is 2. The average molecular weight is 412 g/mol. The number of nitrogens with zero attached hydrogens (tertiary/aromatic N) is 2. The second-order valence-corrected chi connectivity index (χ2v) is 7.82. The van der Waals surface area contributed by atoms with Crippen molar-refractivity contribution in [2.24, 2.45) is 4.99 Å². The lowest BCUT2D eigenvalue weighted by Crippen LogP contribution is -2.36. The van der Waals surface area contributed by atoms with Crippen LogP contribution in [0.3, 0.4) is 0 Å². The minimum Gasteiger partial charge on any atom is -0.486 e. The van der Waals surface area contributed by atoms with Crippen molar-refractivity contribution in [3.05, 3.63) is 41.2 Å². The Morgan fingerprint density at radius 3 is 2.66 bits per heavy atom. The molecule has 2 aliphatic rings. The van der Waals surface area contributed by atoms with Gasteiger partial charge in [-0.15, -0.1) is 0 Å². The van der Waals surface area contributed by atoms with Gasteiger partial charge in [0.2, 0.25) is 6.10 Å². The number of benzene rings is 2. The average Bonchev–Trinajstić information content (AvgIpc) is 3.08. The third-order valence-corrected chi connectivity index (χ3v) is 5.82. The highest BCUT2D eigenvalue weighted by Gasteiger charge is 2.27. The van der Waals surface area contributed by atoms with Crippen LogP contribution in [0.2, 0.25) is 0 Å². The number of rotatable bonds is 3. The molecule has 0 spiro atoms. The summed E-state index contributed by atoms with van der Waals surface area (Å²) in [5, 5.41) is 0. The zero-order valence-corrected chi connectivity index (χ0v) is 16.7. The van der Waals surface area contributed by atoms with Crippen molar-refractivity contribution in [1.82, 2.24) is 4.57 Å². The van der Waals surface area contributed by atoms with E-state index in [-0.39, 0.29) is 12.5 Å². The van der Waals surface area contributed by atoms with Crippen LogP contribution in [0.15, 0.2) is 41.4 Å². The zero-order valence-electron chi connectivity index (χ0n) is 15.9. The van der Waals surface area contributed by atoms with E-state index in [9.17, 15) is 4.79 Å². The molecule has 3 heterocycles. The molecule has 150 valence electrons. The number of hydrogen-bond acceptors (Lipinski definition) is 6. The summed E-state index contributed by atoms with van der Waals surface area (Å²) in [6.07, 6.45) is 0.156. The van der Waals surface area contributed by atoms with Gasteiger partial charge in [-0.3, -0.25) is 4.79 Å². The smallest absolute Gasteiger partial charge is 0.292 e. The topological polar surface area (TPSA) is 71.3 Å². The van der Waals surface area contributed by atoms with Crippen LogP contribution in [0.5, 0.6) is 23.0 Å². The van der Waals surface area contributed by atoms with Gasteiger partial charge in [-0.05, 0) is 18.6 Å². The second kappa shape index (κ2) is 7.44. The standard InChI is InChI=1S/C21H20N2O5S/c1-2-7-23-13-10-16-17(26-9-8-25-16)11-19(13)29-21(23)22-20(24)18-12-27-14-5-3-4-6-15(14)28-18/h3-6,10-11,18H,2,7-9,12H2,1H3. The van der Waals surface area contributed by atoms with Crippen LogP contribution in [0.4, 0.5) is 0 Å². The predicted octanol–water partition coefficient (Wildman–Crippen LogP) is 3.15. The summed E-state index contributed by atoms with van der Waals surface area (Å²) in [4.78, 5) is 17.9. The van der Waals surface area contributed by atoms with E-state index in [0.29, 0.717) is 29.5 Å². The molecule has 8 heteroatoms. The van der Waals surface area contributed by atoms with Crippen molar-refractivity contribution in [1.29, 1.82) is 0 Å². The molecule has 2 aliphatic heterocycles. The fourth-order valence-electron chi connectivity index (χ4n) is 3.44. The Labute approximate surface area is 171 Å². The molecule has 2 aromatic carbocycles. The first-order valence-corrected chi connectivity index (χ1v) is 10.4. The highest BCUT2D eigenvalue weighted by Crippen LogP contribution is 2.36. The van der Waals surface area contributed by atoms with Crippen LogP contribution in [-0.4, -0.2) is 36.4 Å². The van der Waals surface area contributed by atoms with Gasteiger partial charge in [0.15, 0.2) is 27.8 Å². The number of fused-ring (bicyclic) bond motifs is 3. The van der Waals surface area contributed by atoms with Gasteiger partial charge in [0.25, 0.3) is 5.91 Å². The molecule has 1 aromatic heterocycles. The van der Waals surface area contributed by atoms with E-state index >= 15 is 0 Å². The predicted molar refractivity (Wildman–Crippen MR) is 108 cm³/mol. The normalized spacial score (nSPS) is 18.1. The Morgan fingerprint density at radius 1 is 1.10 bits per heavy atom. The number of hydrogen-bond donors (Lipinski definition) is 0. The van der Waals surface area contributed by atoms with E-state index in [1.54, 1.807) is 6.07 Å². The van der Waals surface area contributed by atoms with Crippen LogP contribution in [0.1, 0.15) is 13.3 Å². The summed E-state index contributed by atoms with van der Waals surface area (Å²) in [6, 6.07) is 11.2. The molecule has 0 radical (unpaired) electrons. The summed E-state index contributed by atoms with van der Waals surface area (Å²) in [6.45, 7) is 4.06. The van der Waals surface area contributed by atoms with Gasteiger partial charge >= 0.3 is 0 Å². The molecule has 1 amide bonds. The molecular weight excluding hydrogens is 392 g/mol. The molecule has 1 atom stereocenters. The van der Waals surface area contributed by atoms with E-state index in [2.05, 4.69) is 11.9 Å². The van der Waals surface area contributed by atoms with Gasteiger partial charge in [-0.25, -0.2) is 0 Å². The van der Waals surface area contributed by atoms with Crippen molar-refractivity contribution >= 4 is 27.5 Å². The molecule has 0 bridgehead atoms. The van der Waals surface area contributed by atoms with E-state index in [4.69, 9.17) is 18.9 Å². The lowest BCUT2D eigenvalue weighted by atomic mass is 10.2. The lowest BCUT2D eigenvalue weighted by Gasteiger charge is -2.23. The number of aryl methyl sites for hydroxylation is 1. The second-order valence-electron chi connectivity index (χ2n) is 6.81. The number of ether oxygens (including phenoxy) is 4. The Bertz CT molecular complexity index is 1150. The van der Waals surface area contributed by atoms with Crippen molar-refractivity contribution in [2.75, 3.05) is 19.8 Å². The fourth-order valence-corrected chi connectivity index (χ4v) is 4.51. The summed E-state index contributed by atoms with van der Waals surface area (Å²) in [5.74, 6) is 2.31. The van der Waals surface area contributed by atoms with Gasteiger partial charge in [-0.1, -0.05) is 30.4 Å². The molecule has 5 rings (SSSR count). The van der Waals surface area contributed by atoms with Gasteiger partial charge in [-0.2, -0.15) is 4.99 Å². The molecule has 29 heavy (non-hydrogen) atoms. The maximum Gasteiger partial charge on any atom is 0.292 e. The van der Waals surface area contributed by atoms with Crippen molar-refractivity contribution in [3.63, 3.8) is 0 Å². The zero-order chi connectivity index (χ0) is 19.8. The minimum absolute atomic E-state index is 0.147. The SMILES string of the molecule is CCCn1c(=NC(=O)C2COc3ccccc3O2)sc2cc3c(cc21)OCCO3. The molecule has 0 fully saturated rings. The van der Waals surface area contributed by atoms with Crippen molar-refractivity contribution in [3.8, 4) is 23.0 Å². The first-order valence-electron chi connectivity index (χ1n) is 9.63. The molecule has 3 aromatic rings. The summed E-state index contributed by atoms with van der Waals surface area (Å²) in [7, 11) is 0. The molecule has 0 saturated carbocycles. The Hall–Kier alpha value is -3.00. The number of carbonyl (C=O) groups is 1. The van der Waals surface area contributed by atoms with Gasteiger partial charge in [0.05, 0.1) is 10.2 Å². The van der Waals surface area contributed by atoms with Gasteiger partial charge < -0.3 is 23.5 Å². The Morgan fingerprint density at radius 2 is 1.86 bits per heavy atom. The molecule has 0 saturated heterocycles. The number of aromatic nitrogens is 1. The highest BCUT2D eigenvalue weighted by molar-refractivity contribution is 7.16. The van der Waals surface area contributed by atoms with Crippen molar-refractivity contribution in [2.45, 2.75) is 26.0 Å².